The van der Waals surface area contributed by atoms with Crippen molar-refractivity contribution in [1.29, 1.82) is 5.26 Å². The molecule has 1 aliphatic rings. The van der Waals surface area contributed by atoms with E-state index in [-0.39, 0.29) is 6.04 Å². The van der Waals surface area contributed by atoms with Gasteiger partial charge in [-0.05, 0) is 36.7 Å². The summed E-state index contributed by atoms with van der Waals surface area (Å²) in [5.41, 5.74) is 4.89. The second-order valence-electron chi connectivity index (χ2n) is 6.45. The van der Waals surface area contributed by atoms with Gasteiger partial charge in [0, 0.05) is 19.6 Å². The van der Waals surface area contributed by atoms with Crippen LogP contribution in [0.4, 0.5) is 5.69 Å². The molecule has 1 heterocycles. The molecule has 4 heteroatoms. The Morgan fingerprint density at radius 2 is 1.92 bits per heavy atom. The second kappa shape index (κ2) is 7.11. The van der Waals surface area contributed by atoms with Gasteiger partial charge in [0.15, 0.2) is 0 Å². The molecule has 2 aromatic carbocycles. The Balaban J connectivity index is 1.99. The van der Waals surface area contributed by atoms with E-state index in [2.05, 4.69) is 54.1 Å². The largest absolute Gasteiger partial charge is 0.361 e. The molecule has 0 aromatic heterocycles. The van der Waals surface area contributed by atoms with Gasteiger partial charge in [-0.1, -0.05) is 42.7 Å². The fourth-order valence-electron chi connectivity index (χ4n) is 3.36. The fraction of sp³-hybridized carbons (Fsp3) is 0.350. The minimum atomic E-state index is 0.241. The highest BCUT2D eigenvalue weighted by Crippen LogP contribution is 2.32. The number of aryl methyl sites for hydroxylation is 1. The molecule has 2 aromatic rings. The first kappa shape index (κ1) is 16.6. The zero-order valence-electron chi connectivity index (χ0n) is 14.4. The van der Waals surface area contributed by atoms with Crippen molar-refractivity contribution in [3.8, 4) is 6.07 Å². The van der Waals surface area contributed by atoms with Crippen molar-refractivity contribution < 1.29 is 0 Å². The topological polar surface area (TPSA) is 30.3 Å². The number of likely N-dealkylation sites (N-methyl/N-ethyl adjacent to an activating group) is 1. The molecule has 2 radical (unpaired) electrons. The highest BCUT2D eigenvalue weighted by atomic mass is 15.3. The van der Waals surface area contributed by atoms with E-state index < -0.39 is 0 Å². The lowest BCUT2D eigenvalue weighted by atomic mass is 9.92. The van der Waals surface area contributed by atoms with E-state index in [9.17, 15) is 5.26 Å². The van der Waals surface area contributed by atoms with Crippen molar-refractivity contribution in [2.45, 2.75) is 19.4 Å². The lowest BCUT2D eigenvalue weighted by Gasteiger charge is -2.42. The van der Waals surface area contributed by atoms with Crippen LogP contribution in [0.2, 0.25) is 0 Å². The van der Waals surface area contributed by atoms with Crippen molar-refractivity contribution >= 4 is 19.0 Å². The summed E-state index contributed by atoms with van der Waals surface area (Å²) < 4.78 is 0. The lowest BCUT2D eigenvalue weighted by molar-refractivity contribution is 0.269. The minimum Gasteiger partial charge on any atom is -0.361 e. The molecule has 0 aliphatic carbocycles. The molecule has 3 nitrogen and oxygen atoms in total. The Bertz CT molecular complexity index is 748. The molecule has 0 saturated carbocycles. The molecular formula is C20H22BN3. The highest BCUT2D eigenvalue weighted by molar-refractivity contribution is 6.32. The molecule has 1 aliphatic heterocycles. The molecule has 1 atom stereocenters. The van der Waals surface area contributed by atoms with Crippen LogP contribution in [0.1, 0.15) is 29.7 Å². The van der Waals surface area contributed by atoms with Crippen molar-refractivity contribution in [2.24, 2.45) is 0 Å². The molecule has 0 amide bonds. The standard InChI is InChI=1S/C20H22BN3/c1-3-15-4-6-16(7-5-15)20-14-23(2)10-11-24(20)19-9-8-18(21)12-17(19)13-22/h4-9,12,20H,3,10-11,14H2,1-2H3/t20-/m0/s1. The van der Waals surface area contributed by atoms with Gasteiger partial charge in [-0.2, -0.15) is 5.26 Å². The van der Waals surface area contributed by atoms with E-state index in [0.29, 0.717) is 11.0 Å². The number of hydrogen-bond acceptors (Lipinski definition) is 3. The van der Waals surface area contributed by atoms with E-state index in [4.69, 9.17) is 7.85 Å². The van der Waals surface area contributed by atoms with Crippen molar-refractivity contribution in [1.82, 2.24) is 4.90 Å². The Morgan fingerprint density at radius 1 is 1.17 bits per heavy atom. The van der Waals surface area contributed by atoms with Gasteiger partial charge in [-0.15, -0.1) is 0 Å². The number of piperazine rings is 1. The summed E-state index contributed by atoms with van der Waals surface area (Å²) in [5.74, 6) is 0. The fourth-order valence-corrected chi connectivity index (χ4v) is 3.36. The third-order valence-electron chi connectivity index (χ3n) is 4.81. The number of nitriles is 1. The average molecular weight is 315 g/mol. The van der Waals surface area contributed by atoms with Crippen LogP contribution in [-0.2, 0) is 6.42 Å². The van der Waals surface area contributed by atoms with Gasteiger partial charge in [-0.3, -0.25) is 0 Å². The maximum atomic E-state index is 9.51. The van der Waals surface area contributed by atoms with E-state index in [1.807, 2.05) is 12.1 Å². The van der Waals surface area contributed by atoms with Crippen LogP contribution < -0.4 is 10.4 Å². The van der Waals surface area contributed by atoms with Gasteiger partial charge in [0.2, 0.25) is 0 Å². The summed E-state index contributed by atoms with van der Waals surface area (Å²) >= 11 is 0. The van der Waals surface area contributed by atoms with Gasteiger partial charge in [0.25, 0.3) is 0 Å². The summed E-state index contributed by atoms with van der Waals surface area (Å²) in [5, 5.41) is 9.51. The SMILES string of the molecule is [B]c1ccc(N2CCN(C)C[C@H]2c2ccc(CC)cc2)c(C#N)c1. The Hall–Kier alpha value is -2.25. The third-order valence-corrected chi connectivity index (χ3v) is 4.81. The number of rotatable bonds is 3. The normalized spacial score (nSPS) is 18.4. The number of nitrogens with zero attached hydrogens (tertiary/aromatic N) is 3. The van der Waals surface area contributed by atoms with Gasteiger partial charge in [0.1, 0.15) is 13.9 Å². The lowest BCUT2D eigenvalue weighted by Crippen LogP contribution is -2.47. The third kappa shape index (κ3) is 3.32. The number of hydrogen-bond donors (Lipinski definition) is 0. The molecule has 24 heavy (non-hydrogen) atoms. The van der Waals surface area contributed by atoms with Crippen molar-refractivity contribution in [2.75, 3.05) is 31.6 Å². The minimum absolute atomic E-state index is 0.241. The van der Waals surface area contributed by atoms with Crippen molar-refractivity contribution in [3.05, 3.63) is 59.2 Å². The van der Waals surface area contributed by atoms with E-state index in [1.54, 1.807) is 6.07 Å². The maximum Gasteiger partial charge on any atom is 0.113 e. The molecule has 0 bridgehead atoms. The highest BCUT2D eigenvalue weighted by Gasteiger charge is 2.28. The van der Waals surface area contributed by atoms with Crippen molar-refractivity contribution in [3.63, 3.8) is 0 Å². The second-order valence-corrected chi connectivity index (χ2v) is 6.45. The molecule has 3 rings (SSSR count). The summed E-state index contributed by atoms with van der Waals surface area (Å²) in [4.78, 5) is 4.69. The predicted octanol–water partition coefficient (Wildman–Crippen LogP) is 2.41. The van der Waals surface area contributed by atoms with Crippen LogP contribution in [0.25, 0.3) is 0 Å². The van der Waals surface area contributed by atoms with Gasteiger partial charge in [0.05, 0.1) is 17.3 Å². The predicted molar refractivity (Wildman–Crippen MR) is 99.9 cm³/mol. The quantitative estimate of drug-likeness (QED) is 0.815. The van der Waals surface area contributed by atoms with Gasteiger partial charge >= 0.3 is 0 Å². The Kier molecular flexibility index (Phi) is 4.92. The van der Waals surface area contributed by atoms with Crippen LogP contribution in [0.3, 0.4) is 0 Å². The first-order chi connectivity index (χ1) is 11.6. The zero-order valence-corrected chi connectivity index (χ0v) is 14.4. The van der Waals surface area contributed by atoms with Gasteiger partial charge < -0.3 is 9.80 Å². The first-order valence-corrected chi connectivity index (χ1v) is 8.46. The van der Waals surface area contributed by atoms with E-state index >= 15 is 0 Å². The van der Waals surface area contributed by atoms with Crippen LogP contribution >= 0.6 is 0 Å². The molecule has 120 valence electrons. The van der Waals surface area contributed by atoms with E-state index in [0.717, 1.165) is 31.7 Å². The molecule has 0 spiro atoms. The molecule has 1 saturated heterocycles. The van der Waals surface area contributed by atoms with Crippen LogP contribution in [0.5, 0.6) is 0 Å². The summed E-state index contributed by atoms with van der Waals surface area (Å²) in [7, 11) is 8.01. The van der Waals surface area contributed by atoms with Crippen LogP contribution in [0, 0.1) is 11.3 Å². The molecular weight excluding hydrogens is 293 g/mol. The maximum absolute atomic E-state index is 9.51. The van der Waals surface area contributed by atoms with E-state index in [1.165, 1.54) is 11.1 Å². The smallest absolute Gasteiger partial charge is 0.113 e. The average Bonchev–Trinajstić information content (AvgIpc) is 2.62. The Morgan fingerprint density at radius 3 is 2.58 bits per heavy atom. The first-order valence-electron chi connectivity index (χ1n) is 8.46. The van der Waals surface area contributed by atoms with Crippen LogP contribution in [0.15, 0.2) is 42.5 Å². The number of anilines is 1. The zero-order chi connectivity index (χ0) is 17.1. The molecule has 0 unspecified atom stereocenters. The number of benzene rings is 2. The Labute approximate surface area is 145 Å². The monoisotopic (exact) mass is 315 g/mol. The van der Waals surface area contributed by atoms with Crippen LogP contribution in [-0.4, -0.2) is 39.4 Å². The molecule has 1 fully saturated rings. The molecule has 0 N–H and O–H groups in total. The summed E-state index contributed by atoms with van der Waals surface area (Å²) in [6.45, 7) is 5.00. The summed E-state index contributed by atoms with van der Waals surface area (Å²) in [6, 6.07) is 17.0. The summed E-state index contributed by atoms with van der Waals surface area (Å²) in [6.07, 6.45) is 1.05. The van der Waals surface area contributed by atoms with Gasteiger partial charge in [-0.25, -0.2) is 0 Å².